The van der Waals surface area contributed by atoms with Crippen molar-refractivity contribution in [2.75, 3.05) is 6.61 Å². The highest BCUT2D eigenvalue weighted by Gasteiger charge is 1.76. The summed E-state index contributed by atoms with van der Waals surface area (Å²) in [5.74, 6) is 0. The molecule has 0 unspecified atom stereocenters. The summed E-state index contributed by atoms with van der Waals surface area (Å²) in [6.45, 7) is 2.48. The molecule has 0 aliphatic carbocycles. The van der Waals surface area contributed by atoms with Crippen LogP contribution in [0.25, 0.3) is 0 Å². The van der Waals surface area contributed by atoms with Crippen LogP contribution in [0.1, 0.15) is 26.2 Å². The molecule has 0 rings (SSSR count). The Hall–Kier alpha value is -0.0200. The first-order chi connectivity index (χ1) is 3.91. The van der Waals surface area contributed by atoms with Gasteiger partial charge in [0.05, 0.1) is 0 Å². The predicted molar refractivity (Wildman–Crippen MR) is 34.8 cm³/mol. The lowest BCUT2D eigenvalue weighted by molar-refractivity contribution is 0.284. The molecule has 0 aromatic carbocycles. The number of unbranched alkanes of at least 4 members (excludes halogenated alkanes) is 2. The molecule has 3 heteroatoms. The summed E-state index contributed by atoms with van der Waals surface area (Å²) in [4.78, 5) is 0. The molecule has 0 saturated carbocycles. The molecule has 0 heterocycles. The molecule has 0 atom stereocenters. The molecule has 0 aliphatic rings. The third-order valence-electron chi connectivity index (χ3n) is 0.762. The molecular weight excluding hydrogens is 124 g/mol. The molecule has 0 aliphatic heterocycles. The summed E-state index contributed by atoms with van der Waals surface area (Å²) < 4.78 is 7.83. The first kappa shape index (κ1) is 10.9. The highest BCUT2D eigenvalue weighted by Crippen LogP contribution is 1.89. The van der Waals surface area contributed by atoms with Gasteiger partial charge < -0.3 is 5.11 Å². The van der Waals surface area contributed by atoms with Gasteiger partial charge in [-0.1, -0.05) is 19.8 Å². The Kier molecular flexibility index (Phi) is 21.4. The van der Waals surface area contributed by atoms with Crippen LogP contribution < -0.4 is 0 Å². The Morgan fingerprint density at radius 2 is 1.88 bits per heavy atom. The van der Waals surface area contributed by atoms with E-state index in [9.17, 15) is 0 Å². The number of aliphatic hydroxyl groups is 1. The van der Waals surface area contributed by atoms with E-state index in [1.807, 2.05) is 0 Å². The Morgan fingerprint density at radius 1 is 1.38 bits per heavy atom. The molecule has 0 aromatic heterocycles. The second-order valence-electron chi connectivity index (χ2n) is 1.43. The van der Waals surface area contributed by atoms with Crippen LogP contribution in [0.3, 0.4) is 0 Å². The fourth-order valence-electron chi connectivity index (χ4n) is 0.362. The zero-order valence-electron chi connectivity index (χ0n) is 5.09. The molecule has 0 spiro atoms. The van der Waals surface area contributed by atoms with Crippen molar-refractivity contribution in [2.45, 2.75) is 26.2 Å². The van der Waals surface area contributed by atoms with E-state index in [1.54, 1.807) is 0 Å². The average molecular weight is 136 g/mol. The largest absolute Gasteiger partial charge is 0.396 e. The smallest absolute Gasteiger partial charge is 0.197 e. The van der Waals surface area contributed by atoms with Gasteiger partial charge in [-0.3, -0.25) is 0 Å². The summed E-state index contributed by atoms with van der Waals surface area (Å²) in [5.41, 5.74) is 0. The summed E-state index contributed by atoms with van der Waals surface area (Å²) in [6.07, 6.45) is 3.33. The molecule has 8 heavy (non-hydrogen) atoms. The van der Waals surface area contributed by atoms with Gasteiger partial charge in [0.25, 0.3) is 0 Å². The van der Waals surface area contributed by atoms with Gasteiger partial charge in [-0.15, -0.1) is 0 Å². The number of rotatable bonds is 3. The molecule has 0 bridgehead atoms. The molecule has 0 amide bonds. The van der Waals surface area contributed by atoms with Crippen molar-refractivity contribution in [2.24, 2.45) is 0 Å². The Balaban J connectivity index is 0. The second-order valence-corrected chi connectivity index (χ2v) is 1.43. The van der Waals surface area contributed by atoms with E-state index < -0.39 is 0 Å². The third-order valence-corrected chi connectivity index (χ3v) is 0.762. The highest BCUT2D eigenvalue weighted by atomic mass is 32.1. The van der Waals surface area contributed by atoms with Crippen molar-refractivity contribution in [3.8, 4) is 0 Å². The Labute approximate surface area is 55.4 Å². The molecule has 2 nitrogen and oxygen atoms in total. The molecule has 50 valence electrons. The normalized spacial score (nSPS) is 7.25. The Bertz CT molecular complexity index is 29.6. The fourth-order valence-corrected chi connectivity index (χ4v) is 0.362. The topological polar surface area (TPSA) is 37.3 Å². The van der Waals surface area contributed by atoms with Crippen LogP contribution in [0, 0.1) is 0 Å². The first-order valence-electron chi connectivity index (χ1n) is 2.69. The lowest BCUT2D eigenvalue weighted by atomic mass is 10.3. The monoisotopic (exact) mass is 136 g/mol. The summed E-state index contributed by atoms with van der Waals surface area (Å²) in [5, 5.41) is 8.20. The van der Waals surface area contributed by atoms with Crippen molar-refractivity contribution in [1.82, 2.24) is 0 Å². The molecule has 0 radical (unpaired) electrons. The molecule has 0 fully saturated rings. The summed E-state index contributed by atoms with van der Waals surface area (Å²) >= 11 is 2.83. The van der Waals surface area contributed by atoms with Crippen molar-refractivity contribution in [3.05, 3.63) is 0 Å². The van der Waals surface area contributed by atoms with E-state index >= 15 is 0 Å². The standard InChI is InChI=1S/C5H12O.OS/c1-2-3-4-5-6;1-2/h6H,2-5H2,1H3;. The van der Waals surface area contributed by atoms with Crippen molar-refractivity contribution in [3.63, 3.8) is 0 Å². The van der Waals surface area contributed by atoms with Gasteiger partial charge in [-0.2, -0.15) is 4.21 Å². The van der Waals surface area contributed by atoms with E-state index in [-0.39, 0.29) is 0 Å². The van der Waals surface area contributed by atoms with Crippen molar-refractivity contribution >= 4 is 12.5 Å². The van der Waals surface area contributed by atoms with Crippen LogP contribution in [0.15, 0.2) is 0 Å². The zero-order valence-corrected chi connectivity index (χ0v) is 5.91. The van der Waals surface area contributed by atoms with Crippen LogP contribution in [-0.4, -0.2) is 15.9 Å². The van der Waals surface area contributed by atoms with Gasteiger partial charge in [-0.05, 0) is 6.42 Å². The quantitative estimate of drug-likeness (QED) is 0.584. The van der Waals surface area contributed by atoms with Crippen LogP contribution in [0.4, 0.5) is 0 Å². The van der Waals surface area contributed by atoms with E-state index in [1.165, 1.54) is 6.42 Å². The molecular formula is C5H12O2S. The fraction of sp³-hybridized carbons (Fsp3) is 1.00. The number of hydrogen-bond donors (Lipinski definition) is 1. The third kappa shape index (κ3) is 16.7. The van der Waals surface area contributed by atoms with Crippen LogP contribution in [0.5, 0.6) is 0 Å². The maximum atomic E-state index is 8.20. The van der Waals surface area contributed by atoms with Crippen molar-refractivity contribution in [1.29, 1.82) is 0 Å². The highest BCUT2D eigenvalue weighted by molar-refractivity contribution is 7.44. The summed E-state index contributed by atoms with van der Waals surface area (Å²) in [7, 11) is 0. The van der Waals surface area contributed by atoms with Gasteiger partial charge in [0.15, 0.2) is 12.5 Å². The maximum absolute atomic E-state index is 8.20. The molecule has 0 saturated heterocycles. The minimum atomic E-state index is 0.355. The Morgan fingerprint density at radius 3 is 2.00 bits per heavy atom. The maximum Gasteiger partial charge on any atom is 0.197 e. The second kappa shape index (κ2) is 15.8. The van der Waals surface area contributed by atoms with E-state index in [0.29, 0.717) is 6.61 Å². The first-order valence-corrected chi connectivity index (χ1v) is 3.02. The van der Waals surface area contributed by atoms with Crippen LogP contribution >= 0.6 is 0 Å². The van der Waals surface area contributed by atoms with Crippen LogP contribution in [-0.2, 0) is 12.5 Å². The minimum Gasteiger partial charge on any atom is -0.396 e. The lowest BCUT2D eigenvalue weighted by Gasteiger charge is -1.85. The average Bonchev–Trinajstić information content (AvgIpc) is 1.88. The van der Waals surface area contributed by atoms with Gasteiger partial charge >= 0.3 is 0 Å². The number of hydrogen-bond acceptors (Lipinski definition) is 3. The van der Waals surface area contributed by atoms with Gasteiger partial charge in [-0.25, -0.2) is 0 Å². The van der Waals surface area contributed by atoms with Gasteiger partial charge in [0.2, 0.25) is 0 Å². The summed E-state index contributed by atoms with van der Waals surface area (Å²) in [6, 6.07) is 0. The number of aliphatic hydroxyl groups excluding tert-OH is 1. The SMILES string of the molecule is CCCCCO.O=S. The lowest BCUT2D eigenvalue weighted by Crippen LogP contribution is -1.78. The van der Waals surface area contributed by atoms with E-state index in [2.05, 4.69) is 19.5 Å². The van der Waals surface area contributed by atoms with Gasteiger partial charge in [0, 0.05) is 6.61 Å². The predicted octanol–water partition coefficient (Wildman–Crippen LogP) is 0.833. The molecule has 1 N–H and O–H groups in total. The molecule has 0 aromatic rings. The van der Waals surface area contributed by atoms with Gasteiger partial charge in [0.1, 0.15) is 0 Å². The van der Waals surface area contributed by atoms with Crippen molar-refractivity contribution < 1.29 is 9.32 Å². The van der Waals surface area contributed by atoms with Crippen LogP contribution in [0.2, 0.25) is 0 Å². The minimum absolute atomic E-state index is 0.355. The zero-order chi connectivity index (χ0) is 6.83. The van der Waals surface area contributed by atoms with E-state index in [0.717, 1.165) is 12.8 Å². The van der Waals surface area contributed by atoms with E-state index in [4.69, 9.17) is 9.32 Å².